The Kier molecular flexibility index (Phi) is 43.9. The largest absolute Gasteiger partial charge is 0.513 e. The first-order valence-corrected chi connectivity index (χ1v) is 47.1. The van der Waals surface area contributed by atoms with E-state index in [9.17, 15) is 63.2 Å². The van der Waals surface area contributed by atoms with Crippen molar-refractivity contribution in [3.05, 3.63) is 226 Å². The number of rotatable bonds is 46. The van der Waals surface area contributed by atoms with Crippen LogP contribution < -0.4 is 56.5 Å². The van der Waals surface area contributed by atoms with Crippen LogP contribution >= 0.6 is 54.2 Å². The maximum atomic E-state index is 13.6. The van der Waals surface area contributed by atoms with E-state index in [0.29, 0.717) is 60.3 Å². The highest BCUT2D eigenvalue weighted by molar-refractivity contribution is 7.53. The van der Waals surface area contributed by atoms with Gasteiger partial charge in [-0.1, -0.05) is 166 Å². The Morgan fingerprint density at radius 3 is 0.770 bits per heavy atom. The summed E-state index contributed by atoms with van der Waals surface area (Å²) in [4.78, 5) is 59.7. The van der Waals surface area contributed by atoms with Gasteiger partial charge < -0.3 is 55.1 Å². The molecular formula is C87H115Cl2N8O25P4+3. The van der Waals surface area contributed by atoms with Crippen LogP contribution in [0.15, 0.2) is 206 Å². The van der Waals surface area contributed by atoms with Gasteiger partial charge in [0.1, 0.15) is 70.2 Å². The quantitative estimate of drug-likeness (QED) is 0.00214. The van der Waals surface area contributed by atoms with Gasteiger partial charge in [0.15, 0.2) is 20.2 Å². The molecule has 0 amide bonds. The molecule has 8 aromatic rings. The van der Waals surface area contributed by atoms with Crippen LogP contribution in [-0.4, -0.2) is 129 Å². The minimum Gasteiger partial charge on any atom is -0.465 e. The number of unbranched alkanes of at least 4 members (excludes halogenated alkanes) is 8. The lowest BCUT2D eigenvalue weighted by Crippen LogP contribution is -2.37. The molecule has 0 saturated heterocycles. The van der Waals surface area contributed by atoms with E-state index >= 15 is 0 Å². The van der Waals surface area contributed by atoms with Crippen LogP contribution in [0.3, 0.4) is 0 Å². The zero-order valence-corrected chi connectivity index (χ0v) is 77.7. The average molecular weight is 1870 g/mol. The second-order valence-corrected chi connectivity index (χ2v) is 37.9. The predicted octanol–water partition coefficient (Wildman–Crippen LogP) is 21.5. The SMILES string of the molecule is C=[N+](O)c1ccc(O[P@@](=O)(N[C@@H](C)C(=O)OCC(C)(C)C)Oc2ccccc2)cc1.C=[N+](O)c1ccc(O[P@@](=O)(N[C@@H](C)C(=O)OCCCCCCC)Oc2ccc(Cl)cc2)cc1.C=[N+](O)c1ccc(O[P@](=O)(N[C@@H](C)C(=O)OCCCCCCC)Oc2ccc(Cl)cc2)cc1.C[C@H](N[P@](=O)(Oc1ccccc1)Oc1ccc([N+](=O)[O-])cc1)C(=O)OCC(C)(C)C. The standard InChI is InChI=1S/2C23H31ClN2O6P.C21H28N2O6P.C20H25N2O7P/c2*1-4-5-6-7-8-17-30-23(27)18(2)25-33(29,31-21-13-9-19(24)10-14-21)32-22-15-11-20(12-16-22)26(3)28;1-16(20(24)27-15-21(2,3)4)22-30(26,28-18-9-7-6-8-10-18)29-19-13-11-17(12-14-19)23(5)25;1-15(19(23)27-14-20(2,3)4)21-30(26,28-17-8-6-5-7-9-17)29-18-12-10-16(11-13-18)22(24)25/h2*9-16,18,28H,3-8,17H2,1-2H3,(H,25,29);6-14,16,25H,5,15H2,1-4H3,(H,22,26);5-13,15H,14H2,1-4H3,(H,21,26)/q3*+1;/t18-,33+;18-,33-;16-,30+;15-,30-/m0000/s1. The van der Waals surface area contributed by atoms with Crippen LogP contribution in [-0.2, 0) is 56.4 Å². The van der Waals surface area contributed by atoms with Gasteiger partial charge >= 0.3 is 54.9 Å². The lowest BCUT2D eigenvalue weighted by Gasteiger charge is -2.24. The number of nitro benzene ring substituents is 1. The Balaban J connectivity index is 0.000000298. The third kappa shape index (κ3) is 41.5. The second kappa shape index (κ2) is 52.3. The summed E-state index contributed by atoms with van der Waals surface area (Å²) in [5, 5.41) is 50.4. The summed E-state index contributed by atoms with van der Waals surface area (Å²) in [7, 11) is -16.2. The number of esters is 4. The van der Waals surface area contributed by atoms with E-state index in [-0.39, 0.29) is 70.0 Å². The van der Waals surface area contributed by atoms with E-state index in [1.165, 1.54) is 149 Å². The fraction of sp³-hybridized carbons (Fsp3) is 0.368. The van der Waals surface area contributed by atoms with Crippen molar-refractivity contribution in [1.82, 2.24) is 20.3 Å². The molecule has 33 nitrogen and oxygen atoms in total. The van der Waals surface area contributed by atoms with Gasteiger partial charge in [0, 0.05) is 72.8 Å². The van der Waals surface area contributed by atoms with Crippen LogP contribution in [0.2, 0.25) is 10.0 Å². The van der Waals surface area contributed by atoms with Crippen LogP contribution in [0.1, 0.15) is 147 Å². The molecule has 0 aliphatic heterocycles. The minimum absolute atomic E-state index is 0.0719. The Hall–Kier alpha value is -10.8. The molecule has 0 radical (unpaired) electrons. The number of halogens is 2. The molecule has 0 saturated carbocycles. The van der Waals surface area contributed by atoms with Crippen molar-refractivity contribution >= 4 is 121 Å². The van der Waals surface area contributed by atoms with Crippen molar-refractivity contribution in [3.63, 3.8) is 0 Å². The number of carbonyl (C=O) groups excluding carboxylic acids is 4. The minimum atomic E-state index is -4.10. The molecule has 126 heavy (non-hydrogen) atoms. The highest BCUT2D eigenvalue weighted by Gasteiger charge is 2.39. The molecule has 0 fully saturated rings. The van der Waals surface area contributed by atoms with Crippen LogP contribution in [0.25, 0.3) is 0 Å². The summed E-state index contributed by atoms with van der Waals surface area (Å²) < 4.78 is 122. The number of nitrogens with zero attached hydrogens (tertiary/aromatic N) is 4. The fourth-order valence-corrected chi connectivity index (χ4v) is 16.3. The summed E-state index contributed by atoms with van der Waals surface area (Å²) in [6.45, 7) is 33.0. The van der Waals surface area contributed by atoms with Crippen molar-refractivity contribution < 1.29 is 127 Å². The number of nitrogens with one attached hydrogen (secondary N) is 4. The van der Waals surface area contributed by atoms with E-state index in [0.717, 1.165) is 64.2 Å². The number of nitro groups is 1. The number of hydrogen-bond acceptors (Lipinski definition) is 25. The molecule has 0 spiro atoms. The Morgan fingerprint density at radius 1 is 0.349 bits per heavy atom. The molecule has 0 bridgehead atoms. The maximum absolute atomic E-state index is 13.6. The molecule has 684 valence electrons. The van der Waals surface area contributed by atoms with E-state index in [1.807, 2.05) is 41.5 Å². The van der Waals surface area contributed by atoms with Gasteiger partial charge in [-0.3, -0.25) is 44.9 Å². The number of para-hydroxylation sites is 2. The molecule has 8 atom stereocenters. The summed E-state index contributed by atoms with van der Waals surface area (Å²) in [5.74, 6) is -0.596. The Labute approximate surface area is 745 Å². The van der Waals surface area contributed by atoms with E-state index in [2.05, 4.69) is 54.3 Å². The van der Waals surface area contributed by atoms with Gasteiger partial charge in [-0.25, -0.2) is 18.3 Å². The molecular weight excluding hydrogens is 1750 g/mol. The van der Waals surface area contributed by atoms with Gasteiger partial charge in [-0.05, 0) is 173 Å². The first-order chi connectivity index (χ1) is 59.4. The topological polar surface area (TPSA) is 408 Å². The molecule has 7 N–H and O–H groups in total. The summed E-state index contributed by atoms with van der Waals surface area (Å²) in [6, 6.07) is 48.5. The normalized spacial score (nSPS) is 13.9. The van der Waals surface area contributed by atoms with Gasteiger partial charge in [-0.15, -0.1) is 0 Å². The van der Waals surface area contributed by atoms with E-state index in [4.69, 9.17) is 78.3 Å². The first kappa shape index (κ1) is 106. The molecule has 8 aromatic carbocycles. The predicted molar refractivity (Wildman–Crippen MR) is 481 cm³/mol. The van der Waals surface area contributed by atoms with Crippen LogP contribution in [0, 0.1) is 20.9 Å². The Morgan fingerprint density at radius 2 is 0.556 bits per heavy atom. The van der Waals surface area contributed by atoms with E-state index in [1.54, 1.807) is 84.9 Å². The van der Waals surface area contributed by atoms with Crippen LogP contribution in [0.4, 0.5) is 22.7 Å². The number of ether oxygens (including phenoxy) is 4. The third-order valence-corrected chi connectivity index (χ3v) is 23.4. The molecule has 8 rings (SSSR count). The summed E-state index contributed by atoms with van der Waals surface area (Å²) in [6.07, 6.45) is 10.3. The van der Waals surface area contributed by atoms with Crippen molar-refractivity contribution in [2.75, 3.05) is 26.4 Å². The van der Waals surface area contributed by atoms with Crippen LogP contribution in [0.5, 0.6) is 46.0 Å². The lowest BCUT2D eigenvalue weighted by atomic mass is 9.99. The fourth-order valence-electron chi connectivity index (χ4n) is 10.0. The van der Waals surface area contributed by atoms with Crippen molar-refractivity contribution in [2.45, 2.75) is 171 Å². The average Bonchev–Trinajstić information content (AvgIpc) is 0.836. The summed E-state index contributed by atoms with van der Waals surface area (Å²) in [5.41, 5.74) is 0.641. The maximum Gasteiger partial charge on any atom is 0.513 e. The number of carbonyl (C=O) groups is 4. The van der Waals surface area contributed by atoms with Gasteiger partial charge in [0.05, 0.1) is 31.4 Å². The zero-order chi connectivity index (χ0) is 93.3. The number of non-ortho nitro benzene ring substituents is 1. The van der Waals surface area contributed by atoms with Gasteiger partial charge in [-0.2, -0.15) is 20.3 Å². The number of benzene rings is 8. The van der Waals surface area contributed by atoms with Crippen molar-refractivity contribution in [3.8, 4) is 46.0 Å². The molecule has 0 aromatic heterocycles. The van der Waals surface area contributed by atoms with E-state index < -0.39 is 84.0 Å². The first-order valence-electron chi connectivity index (χ1n) is 40.2. The molecule has 0 unspecified atom stereocenters. The summed E-state index contributed by atoms with van der Waals surface area (Å²) >= 11 is 11.8. The smallest absolute Gasteiger partial charge is 0.465 e. The molecule has 0 aliphatic rings. The third-order valence-electron chi connectivity index (χ3n) is 16.5. The van der Waals surface area contributed by atoms with Crippen molar-refractivity contribution in [1.29, 1.82) is 0 Å². The second-order valence-electron chi connectivity index (χ2n) is 30.6. The lowest BCUT2D eigenvalue weighted by molar-refractivity contribution is -0.706. The highest BCUT2D eigenvalue weighted by Crippen LogP contribution is 2.50. The monoisotopic (exact) mass is 1870 g/mol. The van der Waals surface area contributed by atoms with Gasteiger partial charge in [0.25, 0.3) is 22.7 Å². The van der Waals surface area contributed by atoms with Crippen molar-refractivity contribution in [2.24, 2.45) is 10.8 Å². The molecule has 0 aliphatic carbocycles. The molecule has 39 heteroatoms. The Bertz CT molecular complexity index is 4660. The zero-order valence-electron chi connectivity index (χ0n) is 72.6. The highest BCUT2D eigenvalue weighted by atomic mass is 35.5. The van der Waals surface area contributed by atoms with Gasteiger partial charge in [0.2, 0.25) is 0 Å². The molecule has 0 heterocycles. The number of hydrogen-bond donors (Lipinski definition) is 7.